The summed E-state index contributed by atoms with van der Waals surface area (Å²) in [6, 6.07) is 11.7. The molecule has 0 aliphatic rings. The van der Waals surface area contributed by atoms with Crippen LogP contribution in [0.1, 0.15) is 10.4 Å². The van der Waals surface area contributed by atoms with Crippen LogP contribution >= 0.6 is 23.2 Å². The van der Waals surface area contributed by atoms with E-state index >= 15 is 0 Å². The van der Waals surface area contributed by atoms with Crippen molar-refractivity contribution in [2.75, 3.05) is 37.4 Å². The van der Waals surface area contributed by atoms with Gasteiger partial charge in [0.05, 0.1) is 23.2 Å². The highest BCUT2D eigenvalue weighted by Crippen LogP contribution is 2.24. The highest BCUT2D eigenvalue weighted by molar-refractivity contribution is 6.42. The van der Waals surface area contributed by atoms with Gasteiger partial charge in [0.15, 0.2) is 0 Å². The maximum absolute atomic E-state index is 12.0. The van der Waals surface area contributed by atoms with Crippen molar-refractivity contribution in [3.05, 3.63) is 58.1 Å². The summed E-state index contributed by atoms with van der Waals surface area (Å²) in [6.07, 6.45) is 0. The first kappa shape index (κ1) is 20.0. The second-order valence-corrected chi connectivity index (χ2v) is 6.17. The Labute approximate surface area is 161 Å². The third kappa shape index (κ3) is 6.22. The van der Waals surface area contributed by atoms with Gasteiger partial charge in [0.1, 0.15) is 0 Å². The first-order valence-electron chi connectivity index (χ1n) is 7.85. The quantitative estimate of drug-likeness (QED) is 0.598. The highest BCUT2D eigenvalue weighted by atomic mass is 35.5. The molecule has 0 aromatic heterocycles. The number of nitrogens with one attached hydrogen (secondary N) is 3. The lowest BCUT2D eigenvalue weighted by molar-refractivity contribution is -0.114. The largest absolute Gasteiger partial charge is 0.383 e. The third-order valence-corrected chi connectivity index (χ3v) is 4.11. The molecular weight excluding hydrogens is 377 g/mol. The van der Waals surface area contributed by atoms with Crippen molar-refractivity contribution in [2.24, 2.45) is 0 Å². The summed E-state index contributed by atoms with van der Waals surface area (Å²) in [5.74, 6) is -0.454. The second-order valence-electron chi connectivity index (χ2n) is 5.36. The molecule has 0 aliphatic carbocycles. The molecule has 6 nitrogen and oxygen atoms in total. The molecule has 0 saturated carbocycles. The van der Waals surface area contributed by atoms with Gasteiger partial charge < -0.3 is 20.7 Å². The van der Waals surface area contributed by atoms with Crippen LogP contribution in [0.2, 0.25) is 10.0 Å². The Morgan fingerprint density at radius 3 is 2.58 bits per heavy atom. The number of anilines is 2. The van der Waals surface area contributed by atoms with E-state index in [4.69, 9.17) is 27.9 Å². The van der Waals surface area contributed by atoms with Gasteiger partial charge >= 0.3 is 0 Å². The molecule has 0 heterocycles. The minimum atomic E-state index is -0.252. The smallest absolute Gasteiger partial charge is 0.251 e. The number of halogens is 2. The van der Waals surface area contributed by atoms with Gasteiger partial charge in [-0.3, -0.25) is 9.59 Å². The minimum Gasteiger partial charge on any atom is -0.383 e. The molecule has 0 radical (unpaired) electrons. The molecule has 26 heavy (non-hydrogen) atoms. The summed E-state index contributed by atoms with van der Waals surface area (Å²) in [7, 11) is 1.57. The Morgan fingerprint density at radius 2 is 1.85 bits per heavy atom. The van der Waals surface area contributed by atoms with Gasteiger partial charge in [0, 0.05) is 30.6 Å². The molecule has 0 bridgehead atoms. The summed E-state index contributed by atoms with van der Waals surface area (Å²) >= 11 is 11.8. The van der Waals surface area contributed by atoms with Crippen LogP contribution in [0.25, 0.3) is 0 Å². The Bertz CT molecular complexity index is 784. The molecule has 0 aliphatic heterocycles. The molecule has 0 saturated heterocycles. The fourth-order valence-corrected chi connectivity index (χ4v) is 2.40. The number of carbonyl (C=O) groups excluding carboxylic acids is 2. The number of methoxy groups -OCH3 is 1. The molecule has 2 amide bonds. The van der Waals surface area contributed by atoms with Crippen LogP contribution < -0.4 is 16.0 Å². The molecule has 138 valence electrons. The van der Waals surface area contributed by atoms with Gasteiger partial charge in [-0.25, -0.2) is 0 Å². The van der Waals surface area contributed by atoms with Crippen molar-refractivity contribution in [3.8, 4) is 0 Å². The molecule has 3 N–H and O–H groups in total. The first-order valence-corrected chi connectivity index (χ1v) is 8.61. The lowest BCUT2D eigenvalue weighted by atomic mass is 10.2. The zero-order valence-electron chi connectivity index (χ0n) is 14.1. The number of amides is 2. The lowest BCUT2D eigenvalue weighted by Gasteiger charge is -2.10. The van der Waals surface area contributed by atoms with E-state index in [-0.39, 0.29) is 18.4 Å². The van der Waals surface area contributed by atoms with Gasteiger partial charge in [-0.2, -0.15) is 0 Å². The third-order valence-electron chi connectivity index (χ3n) is 3.37. The van der Waals surface area contributed by atoms with Crippen LogP contribution in [0.15, 0.2) is 42.5 Å². The topological polar surface area (TPSA) is 79.5 Å². The number of hydrogen-bond acceptors (Lipinski definition) is 4. The zero-order chi connectivity index (χ0) is 18.9. The van der Waals surface area contributed by atoms with Crippen LogP contribution in [0, 0.1) is 0 Å². The molecule has 2 rings (SSSR count). The molecule has 0 atom stereocenters. The summed E-state index contributed by atoms with van der Waals surface area (Å²) in [6.45, 7) is 0.909. The van der Waals surface area contributed by atoms with E-state index in [0.717, 1.165) is 0 Å². The number of carbonyl (C=O) groups is 2. The highest BCUT2D eigenvalue weighted by Gasteiger charge is 2.07. The van der Waals surface area contributed by atoms with Crippen molar-refractivity contribution >= 4 is 46.4 Å². The Morgan fingerprint density at radius 1 is 1.04 bits per heavy atom. The Balaban J connectivity index is 1.88. The number of benzene rings is 2. The van der Waals surface area contributed by atoms with Crippen molar-refractivity contribution in [1.29, 1.82) is 0 Å². The molecule has 0 fully saturated rings. The van der Waals surface area contributed by atoms with Crippen LogP contribution in [0.5, 0.6) is 0 Å². The van der Waals surface area contributed by atoms with Gasteiger partial charge in [0.25, 0.3) is 5.91 Å². The monoisotopic (exact) mass is 395 g/mol. The fraction of sp³-hybridized carbons (Fsp3) is 0.222. The Hall–Kier alpha value is -2.28. The predicted molar refractivity (Wildman–Crippen MR) is 104 cm³/mol. The number of rotatable bonds is 8. The minimum absolute atomic E-state index is 0.0367. The number of hydrogen-bond donors (Lipinski definition) is 3. The molecule has 8 heteroatoms. The molecule has 2 aromatic rings. The molecule has 0 spiro atoms. The predicted octanol–water partition coefficient (Wildman–Crippen LogP) is 3.42. The standard InChI is InChI=1S/C18H19Cl2N3O3/c1-26-8-7-21-18(25)12-3-2-4-13(9-12)22-11-17(24)23-14-5-6-15(19)16(20)10-14/h2-6,9-10,22H,7-8,11H2,1H3,(H,21,25)(H,23,24). The van der Waals surface area contributed by atoms with Gasteiger partial charge in [-0.05, 0) is 36.4 Å². The van der Waals surface area contributed by atoms with Crippen LogP contribution in [0.3, 0.4) is 0 Å². The maximum Gasteiger partial charge on any atom is 0.251 e. The second kappa shape index (κ2) is 10.0. The van der Waals surface area contributed by atoms with E-state index in [2.05, 4.69) is 16.0 Å². The summed E-state index contributed by atoms with van der Waals surface area (Å²) < 4.78 is 4.89. The van der Waals surface area contributed by atoms with Crippen LogP contribution in [-0.4, -0.2) is 38.6 Å². The Kier molecular flexibility index (Phi) is 7.72. The van der Waals surface area contributed by atoms with Crippen LogP contribution in [0.4, 0.5) is 11.4 Å². The molecular formula is C18H19Cl2N3O3. The normalized spacial score (nSPS) is 10.3. The molecule has 2 aromatic carbocycles. The van der Waals surface area contributed by atoms with Crippen molar-refractivity contribution in [3.63, 3.8) is 0 Å². The van der Waals surface area contributed by atoms with Crippen molar-refractivity contribution < 1.29 is 14.3 Å². The van der Waals surface area contributed by atoms with Crippen LogP contribution in [-0.2, 0) is 9.53 Å². The van der Waals surface area contributed by atoms with Crippen molar-refractivity contribution in [2.45, 2.75) is 0 Å². The van der Waals surface area contributed by atoms with E-state index in [1.165, 1.54) is 0 Å². The van der Waals surface area contributed by atoms with E-state index in [0.29, 0.717) is 40.1 Å². The van der Waals surface area contributed by atoms with Gasteiger partial charge in [-0.15, -0.1) is 0 Å². The molecule has 0 unspecified atom stereocenters. The van der Waals surface area contributed by atoms with E-state index in [1.807, 2.05) is 0 Å². The van der Waals surface area contributed by atoms with E-state index in [1.54, 1.807) is 49.6 Å². The van der Waals surface area contributed by atoms with Crippen molar-refractivity contribution in [1.82, 2.24) is 5.32 Å². The zero-order valence-corrected chi connectivity index (χ0v) is 15.7. The number of ether oxygens (including phenoxy) is 1. The SMILES string of the molecule is COCCNC(=O)c1cccc(NCC(=O)Nc2ccc(Cl)c(Cl)c2)c1. The van der Waals surface area contributed by atoms with E-state index in [9.17, 15) is 9.59 Å². The first-order chi connectivity index (χ1) is 12.5. The lowest BCUT2D eigenvalue weighted by Crippen LogP contribution is -2.27. The van der Waals surface area contributed by atoms with E-state index < -0.39 is 0 Å². The summed E-state index contributed by atoms with van der Waals surface area (Å²) in [5, 5.41) is 9.22. The average molecular weight is 396 g/mol. The summed E-state index contributed by atoms with van der Waals surface area (Å²) in [4.78, 5) is 24.0. The average Bonchev–Trinajstić information content (AvgIpc) is 2.63. The van der Waals surface area contributed by atoms with Gasteiger partial charge in [-0.1, -0.05) is 29.3 Å². The maximum atomic E-state index is 12.0. The van der Waals surface area contributed by atoms with Gasteiger partial charge in [0.2, 0.25) is 5.91 Å². The summed E-state index contributed by atoms with van der Waals surface area (Å²) in [5.41, 5.74) is 1.71. The fourth-order valence-electron chi connectivity index (χ4n) is 2.10.